The van der Waals surface area contributed by atoms with E-state index in [1.807, 2.05) is 0 Å². The van der Waals surface area contributed by atoms with Crippen molar-refractivity contribution < 1.29 is 18.0 Å². The van der Waals surface area contributed by atoms with Crippen LogP contribution in [0.5, 0.6) is 0 Å². The van der Waals surface area contributed by atoms with E-state index < -0.39 is 16.8 Å². The maximum atomic E-state index is 11.9. The minimum Gasteiger partial charge on any atom is -0.283 e. The molecule has 0 bridgehead atoms. The Labute approximate surface area is 81.1 Å². The molecule has 0 N–H and O–H groups in total. The maximum Gasteiger partial charge on any atom is 0.455 e. The van der Waals surface area contributed by atoms with Gasteiger partial charge in [-0.1, -0.05) is 11.6 Å². The van der Waals surface area contributed by atoms with Crippen LogP contribution in [0.1, 0.15) is 15.2 Å². The van der Waals surface area contributed by atoms with Gasteiger partial charge in [0.2, 0.25) is 0 Å². The topological polar surface area (TPSA) is 17.1 Å². The highest BCUT2D eigenvalue weighted by Gasteiger charge is 2.41. The molecule has 0 unspecified atom stereocenters. The average Bonchev–Trinajstić information content (AvgIpc) is 2.30. The van der Waals surface area contributed by atoms with Gasteiger partial charge in [-0.15, -0.1) is 11.3 Å². The molecule has 1 rings (SSSR count). The lowest BCUT2D eigenvalue weighted by atomic mass is 10.2. The van der Waals surface area contributed by atoms with E-state index in [-0.39, 0.29) is 5.02 Å². The summed E-state index contributed by atoms with van der Waals surface area (Å²) >= 11 is 6.21. The SMILES string of the molecule is Cc1csc(C(=O)C(F)(F)F)c1Cl. The fourth-order valence-corrected chi connectivity index (χ4v) is 1.95. The van der Waals surface area contributed by atoms with Crippen LogP contribution in [-0.4, -0.2) is 12.0 Å². The molecule has 0 aliphatic heterocycles. The largest absolute Gasteiger partial charge is 0.455 e. The van der Waals surface area contributed by atoms with E-state index in [9.17, 15) is 18.0 Å². The summed E-state index contributed by atoms with van der Waals surface area (Å²) in [6, 6.07) is 0. The van der Waals surface area contributed by atoms with Crippen LogP contribution in [-0.2, 0) is 0 Å². The Balaban J connectivity index is 3.10. The number of aryl methyl sites for hydroxylation is 1. The van der Waals surface area contributed by atoms with Crippen LogP contribution in [0.25, 0.3) is 0 Å². The van der Waals surface area contributed by atoms with Crippen molar-refractivity contribution >= 4 is 28.7 Å². The number of ketones is 1. The van der Waals surface area contributed by atoms with Gasteiger partial charge in [0, 0.05) is 0 Å². The van der Waals surface area contributed by atoms with E-state index >= 15 is 0 Å². The highest BCUT2D eigenvalue weighted by atomic mass is 35.5. The number of Topliss-reactive ketones (excluding diaryl/α,β-unsaturated/α-hetero) is 1. The molecule has 1 nitrogen and oxygen atoms in total. The first-order valence-electron chi connectivity index (χ1n) is 3.19. The van der Waals surface area contributed by atoms with Gasteiger partial charge in [-0.3, -0.25) is 4.79 Å². The van der Waals surface area contributed by atoms with E-state index in [2.05, 4.69) is 0 Å². The van der Waals surface area contributed by atoms with Crippen LogP contribution < -0.4 is 0 Å². The molecule has 0 saturated carbocycles. The summed E-state index contributed by atoms with van der Waals surface area (Å²) < 4.78 is 35.8. The van der Waals surface area contributed by atoms with Crippen LogP contribution in [0.15, 0.2) is 5.38 Å². The Kier molecular flexibility index (Phi) is 2.68. The molecule has 13 heavy (non-hydrogen) atoms. The van der Waals surface area contributed by atoms with Gasteiger partial charge < -0.3 is 0 Å². The molecule has 0 aliphatic rings. The second-order valence-electron chi connectivity index (χ2n) is 2.39. The van der Waals surface area contributed by atoms with Crippen molar-refractivity contribution in [1.82, 2.24) is 0 Å². The normalized spacial score (nSPS) is 11.8. The standard InChI is InChI=1S/C7H4ClF3OS/c1-3-2-13-5(4(3)8)6(12)7(9,10)11/h2H,1H3. The average molecular weight is 229 g/mol. The number of rotatable bonds is 1. The van der Waals surface area contributed by atoms with Gasteiger partial charge in [0.25, 0.3) is 5.78 Å². The molecular weight excluding hydrogens is 225 g/mol. The fraction of sp³-hybridized carbons (Fsp3) is 0.286. The lowest BCUT2D eigenvalue weighted by molar-refractivity contribution is -0.0882. The van der Waals surface area contributed by atoms with Crippen molar-refractivity contribution in [2.24, 2.45) is 0 Å². The molecule has 72 valence electrons. The minimum absolute atomic E-state index is 0.104. The second-order valence-corrected chi connectivity index (χ2v) is 3.65. The van der Waals surface area contributed by atoms with Gasteiger partial charge >= 0.3 is 6.18 Å². The van der Waals surface area contributed by atoms with Crippen molar-refractivity contribution in [1.29, 1.82) is 0 Å². The number of hydrogen-bond acceptors (Lipinski definition) is 2. The zero-order chi connectivity index (χ0) is 10.2. The first kappa shape index (κ1) is 10.5. The van der Waals surface area contributed by atoms with Gasteiger partial charge in [-0.2, -0.15) is 13.2 Å². The summed E-state index contributed by atoms with van der Waals surface area (Å²) in [6.07, 6.45) is -4.85. The van der Waals surface area contributed by atoms with Crippen LogP contribution in [0.4, 0.5) is 13.2 Å². The highest BCUT2D eigenvalue weighted by molar-refractivity contribution is 7.13. The van der Waals surface area contributed by atoms with Crippen molar-refractivity contribution in [3.8, 4) is 0 Å². The number of halogens is 4. The van der Waals surface area contributed by atoms with Crippen molar-refractivity contribution in [2.75, 3.05) is 0 Å². The first-order chi connectivity index (χ1) is 5.84. The number of hydrogen-bond donors (Lipinski definition) is 0. The van der Waals surface area contributed by atoms with Gasteiger partial charge in [0.05, 0.1) is 9.90 Å². The third-order valence-corrected chi connectivity index (χ3v) is 3.06. The Morgan fingerprint density at radius 1 is 1.54 bits per heavy atom. The third-order valence-electron chi connectivity index (χ3n) is 1.36. The molecule has 0 aliphatic carbocycles. The molecule has 0 amide bonds. The summed E-state index contributed by atoms with van der Waals surface area (Å²) in [6.45, 7) is 1.55. The van der Waals surface area contributed by atoms with Gasteiger partial charge in [0.15, 0.2) is 0 Å². The molecule has 0 aromatic carbocycles. The highest BCUT2D eigenvalue weighted by Crippen LogP contribution is 2.32. The van der Waals surface area contributed by atoms with E-state index in [1.165, 1.54) is 5.38 Å². The molecule has 0 spiro atoms. The van der Waals surface area contributed by atoms with Crippen molar-refractivity contribution in [3.05, 3.63) is 20.8 Å². The van der Waals surface area contributed by atoms with Crippen molar-refractivity contribution in [2.45, 2.75) is 13.1 Å². The van der Waals surface area contributed by atoms with Crippen LogP contribution >= 0.6 is 22.9 Å². The Hall–Kier alpha value is -0.550. The van der Waals surface area contributed by atoms with Gasteiger partial charge in [-0.25, -0.2) is 0 Å². The Bertz CT molecular complexity index is 342. The van der Waals surface area contributed by atoms with Gasteiger partial charge in [0.1, 0.15) is 0 Å². The summed E-state index contributed by atoms with van der Waals surface area (Å²) in [5.41, 5.74) is 0.485. The molecule has 1 heterocycles. The van der Waals surface area contributed by atoms with E-state index in [0.29, 0.717) is 16.9 Å². The second kappa shape index (κ2) is 3.31. The number of carbonyl (C=O) groups is 1. The van der Waals surface area contributed by atoms with Crippen LogP contribution in [0.3, 0.4) is 0 Å². The molecule has 0 fully saturated rings. The summed E-state index contributed by atoms with van der Waals surface area (Å²) in [4.78, 5) is 10.3. The smallest absolute Gasteiger partial charge is 0.283 e. The van der Waals surface area contributed by atoms with E-state index in [1.54, 1.807) is 6.92 Å². The maximum absolute atomic E-state index is 11.9. The zero-order valence-electron chi connectivity index (χ0n) is 6.41. The molecular formula is C7H4ClF3OS. The Morgan fingerprint density at radius 2 is 2.08 bits per heavy atom. The van der Waals surface area contributed by atoms with Crippen LogP contribution in [0.2, 0.25) is 5.02 Å². The van der Waals surface area contributed by atoms with Gasteiger partial charge in [-0.05, 0) is 17.9 Å². The lowest BCUT2D eigenvalue weighted by Crippen LogP contribution is -2.21. The van der Waals surface area contributed by atoms with E-state index in [4.69, 9.17) is 11.6 Å². The molecule has 0 atom stereocenters. The molecule has 6 heteroatoms. The van der Waals surface area contributed by atoms with E-state index in [0.717, 1.165) is 0 Å². The molecule has 0 saturated heterocycles. The fourth-order valence-electron chi connectivity index (χ4n) is 0.712. The number of thiophene rings is 1. The quantitative estimate of drug-likeness (QED) is 0.673. The lowest BCUT2D eigenvalue weighted by Gasteiger charge is -2.02. The third kappa shape index (κ3) is 2.03. The predicted molar refractivity (Wildman–Crippen MR) is 44.5 cm³/mol. The Morgan fingerprint density at radius 3 is 2.38 bits per heavy atom. The monoisotopic (exact) mass is 228 g/mol. The predicted octanol–water partition coefficient (Wildman–Crippen LogP) is 3.45. The minimum atomic E-state index is -4.85. The van der Waals surface area contributed by atoms with Crippen LogP contribution in [0, 0.1) is 6.92 Å². The molecule has 0 radical (unpaired) electrons. The zero-order valence-corrected chi connectivity index (χ0v) is 7.98. The molecule has 1 aromatic heterocycles. The number of alkyl halides is 3. The molecule has 1 aromatic rings. The summed E-state index contributed by atoms with van der Waals surface area (Å²) in [5, 5.41) is 1.31. The number of carbonyl (C=O) groups excluding carboxylic acids is 1. The van der Waals surface area contributed by atoms with Crippen molar-refractivity contribution in [3.63, 3.8) is 0 Å². The summed E-state index contributed by atoms with van der Waals surface area (Å²) in [5.74, 6) is -1.88. The summed E-state index contributed by atoms with van der Waals surface area (Å²) in [7, 11) is 0. The first-order valence-corrected chi connectivity index (χ1v) is 4.45.